The Morgan fingerprint density at radius 2 is 1.70 bits per heavy atom. The maximum absolute atomic E-state index is 12.1. The smallest absolute Gasteiger partial charge is 0.317 e. The summed E-state index contributed by atoms with van der Waals surface area (Å²) in [4.78, 5) is 29.4. The molecule has 0 atom stereocenters. The van der Waals surface area contributed by atoms with E-state index in [2.05, 4.69) is 5.32 Å². The molecule has 0 radical (unpaired) electrons. The molecule has 0 saturated carbocycles. The molecule has 0 bridgehead atoms. The molecule has 1 aromatic rings. The van der Waals surface area contributed by atoms with E-state index in [4.69, 9.17) is 0 Å². The van der Waals surface area contributed by atoms with Gasteiger partial charge >= 0.3 is 6.03 Å². The first-order valence-corrected chi connectivity index (χ1v) is 8.00. The second-order valence-corrected chi connectivity index (χ2v) is 6.16. The summed E-state index contributed by atoms with van der Waals surface area (Å²) in [5.41, 5.74) is 2.18. The molecule has 6 nitrogen and oxygen atoms in total. The van der Waals surface area contributed by atoms with E-state index in [0.717, 1.165) is 37.2 Å². The highest BCUT2D eigenvalue weighted by atomic mass is 16.2. The van der Waals surface area contributed by atoms with Crippen molar-refractivity contribution in [3.63, 3.8) is 0 Å². The molecule has 6 heteroatoms. The van der Waals surface area contributed by atoms with Gasteiger partial charge in [-0.2, -0.15) is 0 Å². The summed E-state index contributed by atoms with van der Waals surface area (Å²) < 4.78 is 0. The van der Waals surface area contributed by atoms with Gasteiger partial charge in [-0.1, -0.05) is 12.1 Å². The minimum atomic E-state index is -0.228. The molecule has 1 fully saturated rings. The Morgan fingerprint density at radius 1 is 1.09 bits per heavy atom. The van der Waals surface area contributed by atoms with Crippen molar-refractivity contribution in [2.24, 2.45) is 0 Å². The summed E-state index contributed by atoms with van der Waals surface area (Å²) >= 11 is 0. The SMILES string of the molecule is CN(Cc1ccc(N(C)C)cc1)C(=O)NCC(=O)N1CCCC1. The van der Waals surface area contributed by atoms with Crippen LogP contribution in [0.4, 0.5) is 10.5 Å². The Bertz CT molecular complexity index is 536. The zero-order valence-corrected chi connectivity index (χ0v) is 14.2. The second-order valence-electron chi connectivity index (χ2n) is 6.16. The standard InChI is InChI=1S/C17H26N4O2/c1-19(2)15-8-6-14(7-9-15)13-20(3)17(23)18-12-16(22)21-10-4-5-11-21/h6-9H,4-5,10-13H2,1-3H3,(H,18,23). The van der Waals surface area contributed by atoms with Gasteiger partial charge in [-0.05, 0) is 30.5 Å². The summed E-state index contributed by atoms with van der Waals surface area (Å²) in [5, 5.41) is 2.70. The van der Waals surface area contributed by atoms with Gasteiger partial charge in [-0.15, -0.1) is 0 Å². The fraction of sp³-hybridized carbons (Fsp3) is 0.529. The Balaban J connectivity index is 1.78. The molecule has 1 aliphatic heterocycles. The van der Waals surface area contributed by atoms with E-state index in [1.165, 1.54) is 0 Å². The van der Waals surface area contributed by atoms with Crippen molar-refractivity contribution in [2.75, 3.05) is 45.7 Å². The first-order chi connectivity index (χ1) is 11.0. The van der Waals surface area contributed by atoms with Gasteiger partial charge in [0, 0.05) is 46.5 Å². The molecule has 1 aromatic carbocycles. The van der Waals surface area contributed by atoms with Crippen LogP contribution < -0.4 is 10.2 Å². The van der Waals surface area contributed by atoms with Gasteiger partial charge in [0.05, 0.1) is 6.54 Å². The highest BCUT2D eigenvalue weighted by molar-refractivity contribution is 5.84. The van der Waals surface area contributed by atoms with E-state index in [9.17, 15) is 9.59 Å². The number of benzene rings is 1. The minimum absolute atomic E-state index is 0.000383. The van der Waals surface area contributed by atoms with Crippen LogP contribution in [0, 0.1) is 0 Å². The zero-order valence-electron chi connectivity index (χ0n) is 14.2. The van der Waals surface area contributed by atoms with Gasteiger partial charge in [-0.25, -0.2) is 4.79 Å². The number of urea groups is 1. The molecule has 126 valence electrons. The molecule has 0 aliphatic carbocycles. The average molecular weight is 318 g/mol. The van der Waals surface area contributed by atoms with Gasteiger partial charge in [0.1, 0.15) is 0 Å². The fourth-order valence-corrected chi connectivity index (χ4v) is 2.61. The Kier molecular flexibility index (Phi) is 5.84. The molecular weight excluding hydrogens is 292 g/mol. The highest BCUT2D eigenvalue weighted by Crippen LogP contribution is 2.13. The van der Waals surface area contributed by atoms with Crippen LogP contribution in [0.15, 0.2) is 24.3 Å². The Morgan fingerprint density at radius 3 is 2.26 bits per heavy atom. The molecule has 0 spiro atoms. The quantitative estimate of drug-likeness (QED) is 0.895. The van der Waals surface area contributed by atoms with E-state index in [0.29, 0.717) is 6.54 Å². The zero-order chi connectivity index (χ0) is 16.8. The summed E-state index contributed by atoms with van der Waals surface area (Å²) in [5.74, 6) is -0.000383. The number of rotatable bonds is 5. The van der Waals surface area contributed by atoms with Gasteiger partial charge in [0.2, 0.25) is 5.91 Å². The maximum Gasteiger partial charge on any atom is 0.317 e. The second kappa shape index (κ2) is 7.85. The van der Waals surface area contributed by atoms with Crippen LogP contribution in [-0.2, 0) is 11.3 Å². The van der Waals surface area contributed by atoms with Crippen LogP contribution in [0.3, 0.4) is 0 Å². The van der Waals surface area contributed by atoms with Gasteiger partial charge in [0.15, 0.2) is 0 Å². The molecule has 3 amide bonds. The third kappa shape index (κ3) is 4.87. The highest BCUT2D eigenvalue weighted by Gasteiger charge is 2.19. The number of anilines is 1. The fourth-order valence-electron chi connectivity index (χ4n) is 2.61. The van der Waals surface area contributed by atoms with Gasteiger partial charge in [0.25, 0.3) is 0 Å². The molecule has 0 aromatic heterocycles. The lowest BCUT2D eigenvalue weighted by atomic mass is 10.2. The predicted octanol–water partition coefficient (Wildman–Crippen LogP) is 1.52. The van der Waals surface area contributed by atoms with Crippen molar-refractivity contribution >= 4 is 17.6 Å². The Hall–Kier alpha value is -2.24. The molecule has 1 aliphatic rings. The predicted molar refractivity (Wildman–Crippen MR) is 91.4 cm³/mol. The Labute approximate surface area is 138 Å². The average Bonchev–Trinajstić information content (AvgIpc) is 3.07. The topological polar surface area (TPSA) is 55.9 Å². The van der Waals surface area contributed by atoms with E-state index in [-0.39, 0.29) is 18.5 Å². The summed E-state index contributed by atoms with van der Waals surface area (Å²) in [7, 11) is 5.72. The molecule has 23 heavy (non-hydrogen) atoms. The lowest BCUT2D eigenvalue weighted by molar-refractivity contribution is -0.129. The van der Waals surface area contributed by atoms with Crippen molar-refractivity contribution in [3.8, 4) is 0 Å². The molecule has 0 unspecified atom stereocenters. The van der Waals surface area contributed by atoms with Crippen molar-refractivity contribution in [2.45, 2.75) is 19.4 Å². The first kappa shape index (κ1) is 17.1. The van der Waals surface area contributed by atoms with E-state index in [1.54, 1.807) is 16.8 Å². The van der Waals surface area contributed by atoms with E-state index < -0.39 is 0 Å². The number of carbonyl (C=O) groups excluding carboxylic acids is 2. The monoisotopic (exact) mass is 318 g/mol. The maximum atomic E-state index is 12.1. The summed E-state index contributed by atoms with van der Waals surface area (Å²) in [6.45, 7) is 2.20. The van der Waals surface area contributed by atoms with Crippen LogP contribution in [0.5, 0.6) is 0 Å². The molecular formula is C17H26N4O2. The number of nitrogens with one attached hydrogen (secondary N) is 1. The molecule has 1 N–H and O–H groups in total. The summed E-state index contributed by atoms with van der Waals surface area (Å²) in [6.07, 6.45) is 2.12. The van der Waals surface area contributed by atoms with Gasteiger partial charge < -0.3 is 20.0 Å². The van der Waals surface area contributed by atoms with Crippen LogP contribution in [0.2, 0.25) is 0 Å². The minimum Gasteiger partial charge on any atom is -0.378 e. The number of carbonyl (C=O) groups is 2. The van der Waals surface area contributed by atoms with E-state index >= 15 is 0 Å². The summed E-state index contributed by atoms with van der Waals surface area (Å²) in [6, 6.07) is 7.84. The van der Waals surface area contributed by atoms with Gasteiger partial charge in [-0.3, -0.25) is 4.79 Å². The number of hydrogen-bond donors (Lipinski definition) is 1. The van der Waals surface area contributed by atoms with E-state index in [1.807, 2.05) is 43.3 Å². The van der Waals surface area contributed by atoms with Crippen LogP contribution in [0.25, 0.3) is 0 Å². The van der Waals surface area contributed by atoms with Crippen molar-refractivity contribution < 1.29 is 9.59 Å². The lowest BCUT2D eigenvalue weighted by Gasteiger charge is -2.20. The van der Waals surface area contributed by atoms with Crippen molar-refractivity contribution in [1.82, 2.24) is 15.1 Å². The van der Waals surface area contributed by atoms with Crippen LogP contribution in [-0.4, -0.2) is 62.5 Å². The number of amides is 3. The molecule has 2 rings (SSSR count). The van der Waals surface area contributed by atoms with Crippen molar-refractivity contribution in [1.29, 1.82) is 0 Å². The normalized spacial score (nSPS) is 13.8. The molecule has 1 heterocycles. The van der Waals surface area contributed by atoms with Crippen LogP contribution >= 0.6 is 0 Å². The lowest BCUT2D eigenvalue weighted by Crippen LogP contribution is -2.43. The third-order valence-corrected chi connectivity index (χ3v) is 4.07. The van der Waals surface area contributed by atoms with Crippen LogP contribution in [0.1, 0.15) is 18.4 Å². The number of likely N-dealkylation sites (tertiary alicyclic amines) is 1. The first-order valence-electron chi connectivity index (χ1n) is 8.00. The molecule has 1 saturated heterocycles. The third-order valence-electron chi connectivity index (χ3n) is 4.07. The number of hydrogen-bond acceptors (Lipinski definition) is 3. The largest absolute Gasteiger partial charge is 0.378 e. The number of nitrogens with zero attached hydrogens (tertiary/aromatic N) is 3. The van der Waals surface area contributed by atoms with Crippen molar-refractivity contribution in [3.05, 3.63) is 29.8 Å².